The van der Waals surface area contributed by atoms with Gasteiger partial charge in [0.25, 0.3) is 0 Å². The molecule has 6 nitrogen and oxygen atoms in total. The van der Waals surface area contributed by atoms with E-state index >= 15 is 0 Å². The van der Waals surface area contributed by atoms with E-state index in [0.29, 0.717) is 6.54 Å². The molecule has 168 valence electrons. The van der Waals surface area contributed by atoms with Crippen molar-refractivity contribution >= 4 is 0 Å². The van der Waals surface area contributed by atoms with Crippen LogP contribution in [0, 0.1) is 5.92 Å². The van der Waals surface area contributed by atoms with Crippen LogP contribution in [0.1, 0.15) is 54.4 Å². The summed E-state index contributed by atoms with van der Waals surface area (Å²) in [4.78, 5) is 2.35. The van der Waals surface area contributed by atoms with Crippen LogP contribution in [-0.4, -0.2) is 47.0 Å². The monoisotopic (exact) mass is 426 g/mol. The SMILES string of the molecule is C[C@@H]1[C@H](CN2CCC[C@H]2CO)O[C@H](c2ccc(CN)cc2)O[C@@H]1c1ccc(CO)cc1. The van der Waals surface area contributed by atoms with Crippen LogP contribution in [-0.2, 0) is 22.6 Å². The van der Waals surface area contributed by atoms with Gasteiger partial charge < -0.3 is 25.4 Å². The van der Waals surface area contributed by atoms with E-state index in [2.05, 4.69) is 11.8 Å². The molecule has 2 aliphatic heterocycles. The summed E-state index contributed by atoms with van der Waals surface area (Å²) in [7, 11) is 0. The third kappa shape index (κ3) is 5.00. The fraction of sp³-hybridized carbons (Fsp3) is 0.520. The summed E-state index contributed by atoms with van der Waals surface area (Å²) in [6, 6.07) is 16.3. The van der Waals surface area contributed by atoms with E-state index in [-0.39, 0.29) is 37.4 Å². The lowest BCUT2D eigenvalue weighted by molar-refractivity contribution is -0.276. The van der Waals surface area contributed by atoms with Gasteiger partial charge in [-0.15, -0.1) is 0 Å². The fourth-order valence-electron chi connectivity index (χ4n) is 4.71. The molecule has 0 radical (unpaired) electrons. The minimum Gasteiger partial charge on any atom is -0.395 e. The van der Waals surface area contributed by atoms with Crippen molar-refractivity contribution in [1.82, 2.24) is 4.90 Å². The number of rotatable bonds is 7. The summed E-state index contributed by atoms with van der Waals surface area (Å²) in [5, 5.41) is 19.1. The second-order valence-corrected chi connectivity index (χ2v) is 8.74. The molecule has 4 rings (SSSR count). The number of hydrogen-bond donors (Lipinski definition) is 3. The average molecular weight is 427 g/mol. The zero-order valence-corrected chi connectivity index (χ0v) is 18.2. The van der Waals surface area contributed by atoms with Crippen molar-refractivity contribution in [2.24, 2.45) is 11.7 Å². The van der Waals surface area contributed by atoms with E-state index in [1.54, 1.807) is 0 Å². The molecule has 2 saturated heterocycles. The van der Waals surface area contributed by atoms with Gasteiger partial charge in [0.15, 0.2) is 6.29 Å². The number of nitrogens with zero attached hydrogens (tertiary/aromatic N) is 1. The first-order valence-corrected chi connectivity index (χ1v) is 11.3. The summed E-state index contributed by atoms with van der Waals surface area (Å²) < 4.78 is 13.0. The zero-order valence-electron chi connectivity index (χ0n) is 18.2. The van der Waals surface area contributed by atoms with E-state index in [0.717, 1.165) is 48.2 Å². The molecule has 0 aliphatic carbocycles. The third-order valence-corrected chi connectivity index (χ3v) is 6.74. The van der Waals surface area contributed by atoms with Crippen LogP contribution >= 0.6 is 0 Å². The van der Waals surface area contributed by atoms with Crippen molar-refractivity contribution in [2.75, 3.05) is 19.7 Å². The maximum absolute atomic E-state index is 9.75. The zero-order chi connectivity index (χ0) is 21.8. The van der Waals surface area contributed by atoms with Gasteiger partial charge in [0.1, 0.15) is 0 Å². The maximum atomic E-state index is 9.75. The standard InChI is InChI=1S/C25H34N2O4/c1-17-23(14-27-12-2-3-22(27)16-29)30-25(21-10-4-18(13-26)5-11-21)31-24(17)20-8-6-19(15-28)7-9-20/h4-11,17,22-25,28-29H,2-3,12-16,26H2,1H3/t17-,22+,23+,24+,25+/m1/s1. The Labute approximate surface area is 184 Å². The first kappa shape index (κ1) is 22.4. The molecule has 0 spiro atoms. The van der Waals surface area contributed by atoms with Crippen LogP contribution in [0.4, 0.5) is 0 Å². The quantitative estimate of drug-likeness (QED) is 0.631. The molecule has 2 heterocycles. The highest BCUT2D eigenvalue weighted by Crippen LogP contribution is 2.42. The van der Waals surface area contributed by atoms with Gasteiger partial charge in [0.05, 0.1) is 25.4 Å². The number of likely N-dealkylation sites (tertiary alicyclic amines) is 1. The van der Waals surface area contributed by atoms with Gasteiger partial charge in [0.2, 0.25) is 0 Å². The molecule has 2 aliphatic rings. The topological polar surface area (TPSA) is 88.2 Å². The number of aliphatic hydroxyl groups excluding tert-OH is 2. The molecule has 0 saturated carbocycles. The lowest BCUT2D eigenvalue weighted by atomic mass is 9.90. The minimum absolute atomic E-state index is 0.0254. The number of benzene rings is 2. The Morgan fingerprint density at radius 3 is 2.29 bits per heavy atom. The van der Waals surface area contributed by atoms with Crippen molar-refractivity contribution in [1.29, 1.82) is 0 Å². The van der Waals surface area contributed by atoms with Gasteiger partial charge in [-0.3, -0.25) is 4.90 Å². The first-order chi connectivity index (χ1) is 15.1. The molecule has 6 heteroatoms. The number of nitrogens with two attached hydrogens (primary N) is 1. The molecule has 4 N–H and O–H groups in total. The number of aliphatic hydroxyl groups is 2. The predicted molar refractivity (Wildman–Crippen MR) is 119 cm³/mol. The second-order valence-electron chi connectivity index (χ2n) is 8.74. The lowest BCUT2D eigenvalue weighted by Crippen LogP contribution is -2.46. The van der Waals surface area contributed by atoms with E-state index in [9.17, 15) is 10.2 Å². The largest absolute Gasteiger partial charge is 0.395 e. The number of hydrogen-bond acceptors (Lipinski definition) is 6. The molecule has 31 heavy (non-hydrogen) atoms. The van der Waals surface area contributed by atoms with Gasteiger partial charge in [-0.25, -0.2) is 0 Å². The van der Waals surface area contributed by atoms with Gasteiger partial charge in [-0.1, -0.05) is 55.5 Å². The molecule has 2 fully saturated rings. The minimum atomic E-state index is -0.467. The van der Waals surface area contributed by atoms with Crippen LogP contribution in [0.15, 0.2) is 48.5 Å². The summed E-state index contributed by atoms with van der Waals surface area (Å²) in [6.07, 6.45) is 1.53. The van der Waals surface area contributed by atoms with Crippen LogP contribution in [0.25, 0.3) is 0 Å². The van der Waals surface area contributed by atoms with E-state index in [1.807, 2.05) is 48.5 Å². The third-order valence-electron chi connectivity index (χ3n) is 6.74. The predicted octanol–water partition coefficient (Wildman–Crippen LogP) is 2.89. The lowest BCUT2D eigenvalue weighted by Gasteiger charge is -2.43. The Morgan fingerprint density at radius 2 is 1.65 bits per heavy atom. The Morgan fingerprint density at radius 1 is 0.968 bits per heavy atom. The Bertz CT molecular complexity index is 826. The summed E-state index contributed by atoms with van der Waals surface area (Å²) in [6.45, 7) is 4.66. The van der Waals surface area contributed by atoms with E-state index in [4.69, 9.17) is 15.2 Å². The van der Waals surface area contributed by atoms with Crippen molar-refractivity contribution in [3.05, 3.63) is 70.8 Å². The van der Waals surface area contributed by atoms with Crippen molar-refractivity contribution in [3.8, 4) is 0 Å². The van der Waals surface area contributed by atoms with Crippen LogP contribution in [0.5, 0.6) is 0 Å². The molecule has 0 aromatic heterocycles. The van der Waals surface area contributed by atoms with E-state index < -0.39 is 6.29 Å². The molecular weight excluding hydrogens is 392 g/mol. The van der Waals surface area contributed by atoms with Crippen molar-refractivity contribution < 1.29 is 19.7 Å². The molecule has 2 aromatic rings. The van der Waals surface area contributed by atoms with Crippen LogP contribution in [0.2, 0.25) is 0 Å². The smallest absolute Gasteiger partial charge is 0.184 e. The molecule has 0 unspecified atom stereocenters. The van der Waals surface area contributed by atoms with Gasteiger partial charge >= 0.3 is 0 Å². The van der Waals surface area contributed by atoms with Crippen LogP contribution < -0.4 is 5.73 Å². The highest BCUT2D eigenvalue weighted by Gasteiger charge is 2.40. The normalized spacial score (nSPS) is 29.4. The Hall–Kier alpha value is -1.80. The molecule has 0 bridgehead atoms. The second kappa shape index (κ2) is 10.2. The van der Waals surface area contributed by atoms with Crippen molar-refractivity contribution in [2.45, 2.75) is 57.5 Å². The summed E-state index contributed by atoms with van der Waals surface area (Å²) in [5.74, 6) is 0.138. The van der Waals surface area contributed by atoms with Gasteiger partial charge in [-0.2, -0.15) is 0 Å². The Kier molecular flexibility index (Phi) is 7.38. The van der Waals surface area contributed by atoms with Gasteiger partial charge in [-0.05, 0) is 36.1 Å². The Balaban J connectivity index is 1.59. The number of ether oxygens (including phenoxy) is 2. The average Bonchev–Trinajstić information content (AvgIpc) is 3.27. The summed E-state index contributed by atoms with van der Waals surface area (Å²) >= 11 is 0. The van der Waals surface area contributed by atoms with Gasteiger partial charge in [0, 0.05) is 30.6 Å². The first-order valence-electron chi connectivity index (χ1n) is 11.3. The maximum Gasteiger partial charge on any atom is 0.184 e. The van der Waals surface area contributed by atoms with E-state index in [1.165, 1.54) is 0 Å². The van der Waals surface area contributed by atoms with Crippen molar-refractivity contribution in [3.63, 3.8) is 0 Å². The fourth-order valence-corrected chi connectivity index (χ4v) is 4.71. The van der Waals surface area contributed by atoms with Crippen LogP contribution in [0.3, 0.4) is 0 Å². The summed E-state index contributed by atoms with van der Waals surface area (Å²) in [5.41, 5.74) is 9.77. The molecule has 5 atom stereocenters. The molecule has 2 aromatic carbocycles. The highest BCUT2D eigenvalue weighted by molar-refractivity contribution is 5.27. The highest BCUT2D eigenvalue weighted by atomic mass is 16.7. The molecule has 0 amide bonds. The molecular formula is C25H34N2O4.